The number of aliphatic imine (C=N–C) groups is 1. The molecule has 4 heterocycles. The van der Waals surface area contributed by atoms with Gasteiger partial charge in [-0.15, -0.1) is 11.3 Å². The van der Waals surface area contributed by atoms with Crippen LogP contribution in [-0.2, 0) is 0 Å². The molecular formula is C51H34N4OS. The van der Waals surface area contributed by atoms with Crippen LogP contribution in [0.3, 0.4) is 0 Å². The van der Waals surface area contributed by atoms with Crippen LogP contribution < -0.4 is 10.6 Å². The Kier molecular flexibility index (Phi) is 7.24. The first-order chi connectivity index (χ1) is 28.2. The summed E-state index contributed by atoms with van der Waals surface area (Å²) in [4.78, 5) is 5.20. The second kappa shape index (κ2) is 12.8. The van der Waals surface area contributed by atoms with Gasteiger partial charge >= 0.3 is 0 Å². The summed E-state index contributed by atoms with van der Waals surface area (Å²) in [7, 11) is 0. The fourth-order valence-electron chi connectivity index (χ4n) is 8.82. The Morgan fingerprint density at radius 3 is 2.07 bits per heavy atom. The lowest BCUT2D eigenvalue weighted by atomic mass is 9.97. The van der Waals surface area contributed by atoms with E-state index >= 15 is 0 Å². The number of nitrogens with zero attached hydrogens (tertiary/aromatic N) is 2. The summed E-state index contributed by atoms with van der Waals surface area (Å²) in [6, 6.07) is 65.0. The van der Waals surface area contributed by atoms with E-state index in [1.54, 1.807) is 0 Å². The van der Waals surface area contributed by atoms with Crippen LogP contribution in [0.1, 0.15) is 29.0 Å². The Morgan fingerprint density at radius 1 is 0.509 bits per heavy atom. The summed E-state index contributed by atoms with van der Waals surface area (Å²) in [5, 5.41) is 14.7. The minimum atomic E-state index is -0.212. The third kappa shape index (κ3) is 5.22. The molecule has 0 fully saturated rings. The van der Waals surface area contributed by atoms with Crippen molar-refractivity contribution in [2.45, 2.75) is 12.3 Å². The molecule has 1 aliphatic rings. The van der Waals surface area contributed by atoms with Gasteiger partial charge in [0.25, 0.3) is 0 Å². The van der Waals surface area contributed by atoms with Gasteiger partial charge in [0.2, 0.25) is 0 Å². The molecule has 57 heavy (non-hydrogen) atoms. The highest BCUT2D eigenvalue weighted by atomic mass is 32.1. The fourth-order valence-corrected chi connectivity index (χ4v) is 9.95. The van der Waals surface area contributed by atoms with Gasteiger partial charge in [-0.3, -0.25) is 5.32 Å². The van der Waals surface area contributed by atoms with Crippen LogP contribution in [-0.4, -0.2) is 10.4 Å². The summed E-state index contributed by atoms with van der Waals surface area (Å²) >= 11 is 1.83. The standard InChI is InChI=1S/C51H34N4OS/c1-3-12-31(13-4-1)49-52-50(32-14-5-2-6-15-32)54-51(53-49)34-22-25-39-40-28-33(23-27-46(40)57-47(39)29-34)36-18-11-21-45-48(36)41-30-35(24-26-44(41)56-45)55-42-19-9-7-16-37(42)38-17-8-10-20-43(38)55/h1-30,49,51,53H,(H,52,54). The number of fused-ring (bicyclic) bond motifs is 9. The molecule has 0 radical (unpaired) electrons. The third-order valence-electron chi connectivity index (χ3n) is 11.5. The number of benzene rings is 8. The molecular weight excluding hydrogens is 717 g/mol. The van der Waals surface area contributed by atoms with E-state index in [2.05, 4.69) is 191 Å². The second-order valence-corrected chi connectivity index (χ2v) is 15.9. The maximum atomic E-state index is 6.52. The quantitative estimate of drug-likeness (QED) is 0.184. The number of thiophene rings is 1. The van der Waals surface area contributed by atoms with Crippen molar-refractivity contribution in [1.82, 2.24) is 15.2 Å². The van der Waals surface area contributed by atoms with E-state index in [1.807, 2.05) is 17.4 Å². The lowest BCUT2D eigenvalue weighted by Gasteiger charge is -2.32. The Hall–Kier alpha value is -6.99. The number of aromatic nitrogens is 1. The van der Waals surface area contributed by atoms with E-state index < -0.39 is 0 Å². The first-order valence-electron chi connectivity index (χ1n) is 19.3. The van der Waals surface area contributed by atoms with Gasteiger partial charge in [0.1, 0.15) is 29.3 Å². The maximum Gasteiger partial charge on any atom is 0.136 e. The number of furan rings is 1. The van der Waals surface area contributed by atoms with Crippen molar-refractivity contribution in [2.75, 3.05) is 0 Å². The molecule has 8 aromatic carbocycles. The van der Waals surface area contributed by atoms with Crippen LogP contribution >= 0.6 is 11.3 Å². The monoisotopic (exact) mass is 750 g/mol. The SMILES string of the molecule is c1ccc(C2=NC(c3ccc4c(c3)sc3ccc(-c5cccc6oc7ccc(-n8c9ccccc9c9ccccc98)cc7c56)cc34)NC(c3ccccc3)N2)cc1. The number of para-hydroxylation sites is 2. The van der Waals surface area contributed by atoms with E-state index in [9.17, 15) is 0 Å². The summed E-state index contributed by atoms with van der Waals surface area (Å²) < 4.78 is 11.4. The van der Waals surface area contributed by atoms with E-state index in [0.717, 1.165) is 50.2 Å². The average Bonchev–Trinajstić information content (AvgIpc) is 3.95. The van der Waals surface area contributed by atoms with E-state index in [0.29, 0.717) is 0 Å². The first kappa shape index (κ1) is 32.3. The van der Waals surface area contributed by atoms with Gasteiger partial charge in [0.05, 0.1) is 11.0 Å². The van der Waals surface area contributed by atoms with Gasteiger partial charge < -0.3 is 14.3 Å². The Balaban J connectivity index is 0.960. The smallest absolute Gasteiger partial charge is 0.136 e. The molecule has 6 heteroatoms. The molecule has 2 atom stereocenters. The summed E-state index contributed by atoms with van der Waals surface area (Å²) in [6.07, 6.45) is -0.291. The van der Waals surface area contributed by atoms with Gasteiger partial charge in [0.15, 0.2) is 0 Å². The van der Waals surface area contributed by atoms with Crippen LogP contribution in [0.2, 0.25) is 0 Å². The van der Waals surface area contributed by atoms with Crippen molar-refractivity contribution in [3.05, 3.63) is 199 Å². The van der Waals surface area contributed by atoms with Crippen molar-refractivity contribution < 1.29 is 4.42 Å². The molecule has 5 nitrogen and oxygen atoms in total. The average molecular weight is 751 g/mol. The largest absolute Gasteiger partial charge is 0.456 e. The Labute approximate surface area is 332 Å². The van der Waals surface area contributed by atoms with Crippen molar-refractivity contribution in [3.63, 3.8) is 0 Å². The van der Waals surface area contributed by atoms with Crippen LogP contribution in [0, 0.1) is 0 Å². The van der Waals surface area contributed by atoms with Gasteiger partial charge in [-0.2, -0.15) is 0 Å². The second-order valence-electron chi connectivity index (χ2n) is 14.8. The minimum absolute atomic E-state index is 0.0793. The number of rotatable bonds is 5. The zero-order valence-electron chi connectivity index (χ0n) is 30.7. The number of nitrogens with one attached hydrogen (secondary N) is 2. The van der Waals surface area contributed by atoms with Crippen molar-refractivity contribution >= 4 is 81.1 Å². The predicted molar refractivity (Wildman–Crippen MR) is 238 cm³/mol. The fraction of sp³-hybridized carbons (Fsp3) is 0.0392. The van der Waals surface area contributed by atoms with Gasteiger partial charge in [-0.05, 0) is 76.9 Å². The number of amidine groups is 1. The molecule has 0 spiro atoms. The van der Waals surface area contributed by atoms with Crippen LogP contribution in [0.25, 0.3) is 80.7 Å². The number of hydrogen-bond acceptors (Lipinski definition) is 5. The predicted octanol–water partition coefficient (Wildman–Crippen LogP) is 13.1. The van der Waals surface area contributed by atoms with Gasteiger partial charge in [-0.1, -0.05) is 127 Å². The molecule has 11 aromatic rings. The van der Waals surface area contributed by atoms with E-state index in [-0.39, 0.29) is 12.3 Å². The van der Waals surface area contributed by atoms with Crippen LogP contribution in [0.5, 0.6) is 0 Å². The van der Waals surface area contributed by atoms with Crippen LogP contribution in [0.4, 0.5) is 0 Å². The molecule has 0 amide bonds. The topological polar surface area (TPSA) is 54.5 Å². The van der Waals surface area contributed by atoms with Gasteiger partial charge in [-0.25, -0.2) is 4.99 Å². The summed E-state index contributed by atoms with van der Waals surface area (Å²) in [6.45, 7) is 0. The highest BCUT2D eigenvalue weighted by molar-refractivity contribution is 7.25. The first-order valence-corrected chi connectivity index (χ1v) is 20.2. The lowest BCUT2D eigenvalue weighted by molar-refractivity contribution is 0.409. The summed E-state index contributed by atoms with van der Waals surface area (Å²) in [5.74, 6) is 0.886. The lowest BCUT2D eigenvalue weighted by Crippen LogP contribution is -2.44. The van der Waals surface area contributed by atoms with E-state index in [1.165, 1.54) is 53.1 Å². The molecule has 0 saturated heterocycles. The van der Waals surface area contributed by atoms with Gasteiger partial charge in [0, 0.05) is 53.0 Å². The Bertz CT molecular complexity index is 3320. The molecule has 0 aliphatic carbocycles. The molecule has 1 aliphatic heterocycles. The summed E-state index contributed by atoms with van der Waals surface area (Å²) in [5.41, 5.74) is 11.0. The molecule has 0 bridgehead atoms. The maximum absolute atomic E-state index is 6.52. The Morgan fingerprint density at radius 2 is 1.26 bits per heavy atom. The van der Waals surface area contributed by atoms with Crippen molar-refractivity contribution in [3.8, 4) is 16.8 Å². The number of hydrogen-bond donors (Lipinski definition) is 2. The van der Waals surface area contributed by atoms with E-state index in [4.69, 9.17) is 9.41 Å². The zero-order chi connectivity index (χ0) is 37.5. The van der Waals surface area contributed by atoms with Crippen molar-refractivity contribution in [2.24, 2.45) is 4.99 Å². The minimum Gasteiger partial charge on any atom is -0.456 e. The highest BCUT2D eigenvalue weighted by Crippen LogP contribution is 2.42. The normalized spacial score (nSPS) is 15.9. The highest BCUT2D eigenvalue weighted by Gasteiger charge is 2.26. The van der Waals surface area contributed by atoms with Crippen molar-refractivity contribution in [1.29, 1.82) is 0 Å². The van der Waals surface area contributed by atoms with Crippen LogP contribution in [0.15, 0.2) is 191 Å². The molecule has 2 unspecified atom stereocenters. The molecule has 0 saturated carbocycles. The zero-order valence-corrected chi connectivity index (χ0v) is 31.5. The molecule has 3 aromatic heterocycles. The molecule has 2 N–H and O–H groups in total. The molecule has 270 valence electrons. The third-order valence-corrected chi connectivity index (χ3v) is 12.6. The molecule has 12 rings (SSSR count).